The van der Waals surface area contributed by atoms with Crippen molar-refractivity contribution >= 4 is 5.69 Å². The van der Waals surface area contributed by atoms with Crippen LogP contribution in [-0.4, -0.2) is 25.1 Å². The van der Waals surface area contributed by atoms with Crippen LogP contribution in [0.3, 0.4) is 0 Å². The average Bonchev–Trinajstić information content (AvgIpc) is 2.69. The van der Waals surface area contributed by atoms with Gasteiger partial charge in [0.15, 0.2) is 0 Å². The largest absolute Gasteiger partial charge is 1.00 e. The lowest BCUT2D eigenvalue weighted by molar-refractivity contribution is -0.903. The number of unbranched alkanes of at least 4 members (excludes halogenated alkanes) is 15. The highest BCUT2D eigenvalue weighted by Gasteiger charge is 2.15. The summed E-state index contributed by atoms with van der Waals surface area (Å²) in [6.07, 6.45) is 23.0. The summed E-state index contributed by atoms with van der Waals surface area (Å²) in [7, 11) is 4.70. The fourth-order valence-electron chi connectivity index (χ4n) is 4.28. The first-order valence-corrected chi connectivity index (χ1v) is 12.7. The van der Waals surface area contributed by atoms with E-state index in [2.05, 4.69) is 33.2 Å². The monoisotopic (exact) mass is 438 g/mol. The van der Waals surface area contributed by atoms with E-state index < -0.39 is 0 Å². The summed E-state index contributed by atoms with van der Waals surface area (Å²) >= 11 is 0. The number of nitrogens with two attached hydrogens (primary N) is 1. The molecule has 0 saturated heterocycles. The molecule has 1 aromatic rings. The van der Waals surface area contributed by atoms with E-state index in [9.17, 15) is 0 Å². The molecule has 0 bridgehead atoms. The van der Waals surface area contributed by atoms with Crippen LogP contribution >= 0.6 is 0 Å². The average molecular weight is 439 g/mol. The lowest BCUT2D eigenvalue weighted by Gasteiger charge is -2.30. The lowest BCUT2D eigenvalue weighted by atomic mass is 10.0. The van der Waals surface area contributed by atoms with Gasteiger partial charge in [-0.25, -0.2) is 0 Å². The van der Waals surface area contributed by atoms with Crippen molar-refractivity contribution in [2.75, 3.05) is 26.4 Å². The number of anilines is 1. The van der Waals surface area contributed by atoms with Gasteiger partial charge in [-0.1, -0.05) is 109 Å². The summed E-state index contributed by atoms with van der Waals surface area (Å²) in [6.45, 7) is 4.66. The number of halogens is 1. The van der Waals surface area contributed by atoms with Gasteiger partial charge >= 0.3 is 0 Å². The number of rotatable bonds is 19. The Morgan fingerprint density at radius 3 is 1.37 bits per heavy atom. The zero-order chi connectivity index (χ0) is 21.2. The Balaban J connectivity index is 0.00000841. The van der Waals surface area contributed by atoms with Crippen LogP contribution in [-0.2, 0) is 6.54 Å². The van der Waals surface area contributed by atoms with Gasteiger partial charge in [0.2, 0.25) is 0 Å². The third kappa shape index (κ3) is 17.0. The standard InChI is InChI=1S/C27H51N2.ClH/c1-4-5-6-7-8-9-10-11-12-13-14-15-16-17-18-19-24-29(2,3)25-26-20-22-27(28)23-21-26;/h20-23H,4-19,24-25,28H2,1-3H3;1H/q+1;/p-1. The minimum atomic E-state index is 0. The van der Waals surface area contributed by atoms with E-state index in [1.165, 1.54) is 115 Å². The van der Waals surface area contributed by atoms with Gasteiger partial charge in [0, 0.05) is 11.3 Å². The maximum absolute atomic E-state index is 5.79. The van der Waals surface area contributed by atoms with E-state index in [4.69, 9.17) is 5.73 Å². The van der Waals surface area contributed by atoms with Gasteiger partial charge in [-0.3, -0.25) is 0 Å². The molecule has 0 fully saturated rings. The maximum Gasteiger partial charge on any atom is 0.104 e. The SMILES string of the molecule is CCCCCCCCCCCCCCCCCC[N+](C)(C)Cc1ccc(N)cc1.[Cl-]. The molecule has 0 aliphatic carbocycles. The highest BCUT2D eigenvalue weighted by molar-refractivity contribution is 5.39. The van der Waals surface area contributed by atoms with E-state index >= 15 is 0 Å². The topological polar surface area (TPSA) is 26.0 Å². The van der Waals surface area contributed by atoms with Crippen molar-refractivity contribution in [2.45, 2.75) is 116 Å². The van der Waals surface area contributed by atoms with Crippen LogP contribution in [0.4, 0.5) is 5.69 Å². The molecule has 0 spiro atoms. The summed E-state index contributed by atoms with van der Waals surface area (Å²) in [4.78, 5) is 0. The fraction of sp³-hybridized carbons (Fsp3) is 0.778. The lowest BCUT2D eigenvalue weighted by Crippen LogP contribution is -3.00. The molecule has 0 aliphatic rings. The summed E-state index contributed by atoms with van der Waals surface area (Å²) < 4.78 is 1.07. The van der Waals surface area contributed by atoms with Crippen LogP contribution in [0.5, 0.6) is 0 Å². The molecule has 176 valence electrons. The van der Waals surface area contributed by atoms with Crippen molar-refractivity contribution in [1.29, 1.82) is 0 Å². The van der Waals surface area contributed by atoms with Crippen LogP contribution in [0.2, 0.25) is 0 Å². The van der Waals surface area contributed by atoms with Gasteiger partial charge in [-0.05, 0) is 25.0 Å². The number of nitrogen functional groups attached to an aromatic ring is 1. The Morgan fingerprint density at radius 1 is 0.600 bits per heavy atom. The van der Waals surface area contributed by atoms with Crippen LogP contribution < -0.4 is 18.1 Å². The Labute approximate surface area is 195 Å². The predicted molar refractivity (Wildman–Crippen MR) is 131 cm³/mol. The Bertz CT molecular complexity index is 484. The third-order valence-electron chi connectivity index (χ3n) is 6.21. The number of nitrogens with zero attached hydrogens (tertiary/aromatic N) is 1. The van der Waals surface area contributed by atoms with Crippen LogP contribution in [0.1, 0.15) is 115 Å². The van der Waals surface area contributed by atoms with Crippen LogP contribution in [0.15, 0.2) is 24.3 Å². The molecule has 1 aromatic carbocycles. The summed E-state index contributed by atoms with van der Waals surface area (Å²) in [6, 6.07) is 8.37. The molecule has 2 nitrogen and oxygen atoms in total. The normalized spacial score (nSPS) is 11.4. The van der Waals surface area contributed by atoms with Gasteiger partial charge in [0.05, 0.1) is 20.6 Å². The van der Waals surface area contributed by atoms with Gasteiger partial charge in [-0.2, -0.15) is 0 Å². The zero-order valence-electron chi connectivity index (χ0n) is 20.4. The first-order chi connectivity index (χ1) is 14.0. The molecule has 3 heteroatoms. The quantitative estimate of drug-likeness (QED) is 0.181. The fourth-order valence-corrected chi connectivity index (χ4v) is 4.28. The van der Waals surface area contributed by atoms with Crippen molar-refractivity contribution < 1.29 is 16.9 Å². The smallest absolute Gasteiger partial charge is 0.104 e. The van der Waals surface area contributed by atoms with E-state index in [1.807, 2.05) is 12.1 Å². The second-order valence-electron chi connectivity index (χ2n) is 9.86. The molecule has 0 saturated carbocycles. The molecule has 1 rings (SSSR count). The van der Waals surface area contributed by atoms with E-state index in [1.54, 1.807) is 0 Å². The van der Waals surface area contributed by atoms with E-state index in [-0.39, 0.29) is 12.4 Å². The van der Waals surface area contributed by atoms with Crippen molar-refractivity contribution in [3.8, 4) is 0 Å². The van der Waals surface area contributed by atoms with Crippen molar-refractivity contribution in [3.05, 3.63) is 29.8 Å². The number of hydrogen-bond donors (Lipinski definition) is 1. The minimum absolute atomic E-state index is 0. The van der Waals surface area contributed by atoms with E-state index in [0.717, 1.165) is 16.7 Å². The summed E-state index contributed by atoms with van der Waals surface area (Å²) in [5, 5.41) is 0. The predicted octanol–water partition coefficient (Wildman–Crippen LogP) is 5.11. The van der Waals surface area contributed by atoms with Gasteiger partial charge in [0.1, 0.15) is 6.54 Å². The van der Waals surface area contributed by atoms with Crippen LogP contribution in [0.25, 0.3) is 0 Å². The van der Waals surface area contributed by atoms with Crippen molar-refractivity contribution in [1.82, 2.24) is 0 Å². The third-order valence-corrected chi connectivity index (χ3v) is 6.21. The minimum Gasteiger partial charge on any atom is -1.00 e. The van der Waals surface area contributed by atoms with Gasteiger partial charge in [-0.15, -0.1) is 0 Å². The Kier molecular flexibility index (Phi) is 18.5. The maximum atomic E-state index is 5.79. The molecular formula is C27H51ClN2. The Hall–Kier alpha value is -0.730. The van der Waals surface area contributed by atoms with E-state index in [0.29, 0.717) is 0 Å². The zero-order valence-corrected chi connectivity index (χ0v) is 21.2. The van der Waals surface area contributed by atoms with Crippen molar-refractivity contribution in [3.63, 3.8) is 0 Å². The first kappa shape index (κ1) is 29.3. The molecule has 0 unspecified atom stereocenters. The summed E-state index contributed by atoms with van der Waals surface area (Å²) in [5.41, 5.74) is 8.04. The molecule has 2 N–H and O–H groups in total. The number of quaternary nitrogens is 1. The van der Waals surface area contributed by atoms with Gasteiger partial charge in [0.25, 0.3) is 0 Å². The highest BCUT2D eigenvalue weighted by atomic mass is 35.5. The molecule has 0 aromatic heterocycles. The second kappa shape index (κ2) is 19.0. The molecular weight excluding hydrogens is 388 g/mol. The van der Waals surface area contributed by atoms with Gasteiger partial charge < -0.3 is 22.6 Å². The molecule has 0 atom stereocenters. The number of benzene rings is 1. The van der Waals surface area contributed by atoms with Crippen LogP contribution in [0, 0.1) is 0 Å². The number of hydrogen-bond acceptors (Lipinski definition) is 1. The second-order valence-corrected chi connectivity index (χ2v) is 9.86. The first-order valence-electron chi connectivity index (χ1n) is 12.7. The molecule has 0 aliphatic heterocycles. The highest BCUT2D eigenvalue weighted by Crippen LogP contribution is 2.16. The summed E-state index contributed by atoms with van der Waals surface area (Å²) in [5.74, 6) is 0. The molecule has 0 amide bonds. The molecule has 30 heavy (non-hydrogen) atoms. The molecule has 0 heterocycles. The Morgan fingerprint density at radius 2 is 0.967 bits per heavy atom. The molecule has 0 radical (unpaired) electrons. The van der Waals surface area contributed by atoms with Crippen molar-refractivity contribution in [2.24, 2.45) is 0 Å².